The van der Waals surface area contributed by atoms with E-state index in [0.29, 0.717) is 12.8 Å². The average Bonchev–Trinajstić information content (AvgIpc) is 2.78. The molecule has 0 saturated carbocycles. The molecule has 0 aromatic rings. The zero-order valence-electron chi connectivity index (χ0n) is 21.8. The molecule has 0 saturated heterocycles. The second kappa shape index (κ2) is 25.3. The topological polar surface area (TPSA) is 63.6 Å². The minimum absolute atomic E-state index is 0.0741. The van der Waals surface area contributed by atoms with Gasteiger partial charge in [-0.3, -0.25) is 9.59 Å². The van der Waals surface area contributed by atoms with Crippen LogP contribution in [0, 0.1) is 0 Å². The Hall–Kier alpha value is -1.32. The quantitative estimate of drug-likeness (QED) is 0.0784. The summed E-state index contributed by atoms with van der Waals surface area (Å²) in [5, 5.41) is 9.14. The number of allylic oxidation sites excluding steroid dienone is 1. The molecule has 4 heteroatoms. The molecule has 0 heterocycles. The number of ether oxygens (including phenoxy) is 1. The second-order valence-electron chi connectivity index (χ2n) is 9.69. The van der Waals surface area contributed by atoms with Crippen LogP contribution < -0.4 is 0 Å². The first kappa shape index (κ1) is 31.7. The summed E-state index contributed by atoms with van der Waals surface area (Å²) in [6.07, 6.45) is 26.8. The molecule has 1 atom stereocenters. The third-order valence-electron chi connectivity index (χ3n) is 6.37. The van der Waals surface area contributed by atoms with Crippen LogP contribution >= 0.6 is 0 Å². The number of carboxylic acids is 1. The predicted octanol–water partition coefficient (Wildman–Crippen LogP) is 9.16. The van der Waals surface area contributed by atoms with Crippen molar-refractivity contribution < 1.29 is 19.4 Å². The normalized spacial score (nSPS) is 11.9. The van der Waals surface area contributed by atoms with Gasteiger partial charge < -0.3 is 9.84 Å². The molecule has 1 N–H and O–H groups in total. The van der Waals surface area contributed by atoms with Gasteiger partial charge in [-0.05, 0) is 32.1 Å². The van der Waals surface area contributed by atoms with Crippen LogP contribution in [-0.4, -0.2) is 23.1 Å². The minimum atomic E-state index is -0.885. The Balaban J connectivity index is 3.72. The van der Waals surface area contributed by atoms with Gasteiger partial charge in [0, 0.05) is 6.42 Å². The number of esters is 1. The van der Waals surface area contributed by atoms with E-state index in [2.05, 4.69) is 13.5 Å². The highest BCUT2D eigenvalue weighted by Gasteiger charge is 2.17. The summed E-state index contributed by atoms with van der Waals surface area (Å²) in [4.78, 5) is 23.3. The van der Waals surface area contributed by atoms with E-state index in [1.54, 1.807) is 0 Å². The average molecular weight is 467 g/mol. The standard InChI is InChI=1S/C29H54O4/c1-3-5-7-9-11-13-15-16-18-20-22-24-27(26-28(30)31)33-29(32)25-23-21-19-17-14-12-10-8-6-4-2/h4,27H,2-3,5-26H2,1H3,(H,30,31). The van der Waals surface area contributed by atoms with Crippen molar-refractivity contribution in [2.45, 2.75) is 161 Å². The van der Waals surface area contributed by atoms with Gasteiger partial charge in [0.15, 0.2) is 0 Å². The molecule has 0 spiro atoms. The fourth-order valence-corrected chi connectivity index (χ4v) is 4.30. The Bertz CT molecular complexity index is 461. The highest BCUT2D eigenvalue weighted by atomic mass is 16.5. The second-order valence-corrected chi connectivity index (χ2v) is 9.69. The van der Waals surface area contributed by atoms with Gasteiger partial charge in [-0.25, -0.2) is 0 Å². The zero-order chi connectivity index (χ0) is 24.4. The molecule has 0 rings (SSSR count). The molecular weight excluding hydrogens is 412 g/mol. The highest BCUT2D eigenvalue weighted by molar-refractivity contribution is 5.71. The first-order chi connectivity index (χ1) is 16.1. The number of hydrogen-bond acceptors (Lipinski definition) is 3. The van der Waals surface area contributed by atoms with Crippen molar-refractivity contribution in [3.05, 3.63) is 12.7 Å². The molecule has 4 nitrogen and oxygen atoms in total. The van der Waals surface area contributed by atoms with Crippen LogP contribution in [-0.2, 0) is 14.3 Å². The molecule has 0 aliphatic rings. The van der Waals surface area contributed by atoms with Crippen LogP contribution in [0.5, 0.6) is 0 Å². The van der Waals surface area contributed by atoms with Gasteiger partial charge >= 0.3 is 11.9 Å². The molecule has 0 aromatic carbocycles. The lowest BCUT2D eigenvalue weighted by atomic mass is 10.0. The number of carboxylic acid groups (broad SMARTS) is 1. The lowest BCUT2D eigenvalue weighted by Crippen LogP contribution is -2.21. The first-order valence-electron chi connectivity index (χ1n) is 14.1. The Kier molecular flexibility index (Phi) is 24.3. The number of unbranched alkanes of at least 4 members (excludes halogenated alkanes) is 18. The van der Waals surface area contributed by atoms with Gasteiger partial charge in [-0.2, -0.15) is 0 Å². The van der Waals surface area contributed by atoms with Crippen molar-refractivity contribution in [3.63, 3.8) is 0 Å². The summed E-state index contributed by atoms with van der Waals surface area (Å²) in [6.45, 7) is 6.00. The maximum atomic E-state index is 12.1. The molecule has 0 bridgehead atoms. The molecule has 0 aromatic heterocycles. The van der Waals surface area contributed by atoms with Crippen LogP contribution in [0.2, 0.25) is 0 Å². The van der Waals surface area contributed by atoms with E-state index < -0.39 is 12.1 Å². The van der Waals surface area contributed by atoms with E-state index in [4.69, 9.17) is 9.84 Å². The Morgan fingerprint density at radius 1 is 0.727 bits per heavy atom. The van der Waals surface area contributed by atoms with Crippen molar-refractivity contribution in [3.8, 4) is 0 Å². The fraction of sp³-hybridized carbons (Fsp3) is 0.862. The van der Waals surface area contributed by atoms with E-state index in [0.717, 1.165) is 38.5 Å². The fourth-order valence-electron chi connectivity index (χ4n) is 4.30. The number of rotatable bonds is 26. The van der Waals surface area contributed by atoms with Crippen LogP contribution in [0.1, 0.15) is 155 Å². The molecular formula is C29H54O4. The van der Waals surface area contributed by atoms with E-state index >= 15 is 0 Å². The van der Waals surface area contributed by atoms with Gasteiger partial charge in [0.1, 0.15) is 6.10 Å². The summed E-state index contributed by atoms with van der Waals surface area (Å²) in [7, 11) is 0. The Morgan fingerprint density at radius 2 is 1.18 bits per heavy atom. The number of aliphatic carboxylic acids is 1. The lowest BCUT2D eigenvalue weighted by Gasteiger charge is -2.16. The maximum Gasteiger partial charge on any atom is 0.307 e. The summed E-state index contributed by atoms with van der Waals surface area (Å²) >= 11 is 0. The molecule has 0 aliphatic heterocycles. The van der Waals surface area contributed by atoms with Crippen LogP contribution in [0.15, 0.2) is 12.7 Å². The van der Waals surface area contributed by atoms with Crippen molar-refractivity contribution in [1.29, 1.82) is 0 Å². The Morgan fingerprint density at radius 3 is 1.67 bits per heavy atom. The SMILES string of the molecule is C=CCCCCCCCCCCC(=O)OC(CCCCCCCCCCCCC)CC(=O)O. The van der Waals surface area contributed by atoms with Crippen LogP contribution in [0.3, 0.4) is 0 Å². The molecule has 0 aliphatic carbocycles. The van der Waals surface area contributed by atoms with Gasteiger partial charge in [0.25, 0.3) is 0 Å². The van der Waals surface area contributed by atoms with Crippen LogP contribution in [0.25, 0.3) is 0 Å². The summed E-state index contributed by atoms with van der Waals surface area (Å²) in [6, 6.07) is 0. The monoisotopic (exact) mass is 466 g/mol. The van der Waals surface area contributed by atoms with E-state index in [9.17, 15) is 9.59 Å². The summed E-state index contributed by atoms with van der Waals surface area (Å²) < 4.78 is 5.51. The Labute approximate surface area is 204 Å². The smallest absolute Gasteiger partial charge is 0.307 e. The van der Waals surface area contributed by atoms with Gasteiger partial charge in [0.05, 0.1) is 6.42 Å². The molecule has 0 radical (unpaired) electrons. The van der Waals surface area contributed by atoms with Crippen molar-refractivity contribution in [2.24, 2.45) is 0 Å². The van der Waals surface area contributed by atoms with Crippen molar-refractivity contribution in [1.82, 2.24) is 0 Å². The van der Waals surface area contributed by atoms with E-state index in [1.807, 2.05) is 6.08 Å². The maximum absolute atomic E-state index is 12.1. The number of hydrogen-bond donors (Lipinski definition) is 1. The van der Waals surface area contributed by atoms with E-state index in [1.165, 1.54) is 89.9 Å². The lowest BCUT2D eigenvalue weighted by molar-refractivity contribution is -0.153. The first-order valence-corrected chi connectivity index (χ1v) is 14.1. The highest BCUT2D eigenvalue weighted by Crippen LogP contribution is 2.16. The van der Waals surface area contributed by atoms with Gasteiger partial charge in [0.2, 0.25) is 0 Å². The molecule has 194 valence electrons. The van der Waals surface area contributed by atoms with Crippen molar-refractivity contribution in [2.75, 3.05) is 0 Å². The van der Waals surface area contributed by atoms with E-state index in [-0.39, 0.29) is 12.4 Å². The third-order valence-corrected chi connectivity index (χ3v) is 6.37. The third kappa shape index (κ3) is 25.1. The molecule has 1 unspecified atom stereocenters. The van der Waals surface area contributed by atoms with Gasteiger partial charge in [-0.1, -0.05) is 116 Å². The number of carbonyl (C=O) groups is 2. The summed E-state index contributed by atoms with van der Waals surface area (Å²) in [5.74, 6) is -1.11. The summed E-state index contributed by atoms with van der Waals surface area (Å²) in [5.41, 5.74) is 0. The molecule has 33 heavy (non-hydrogen) atoms. The van der Waals surface area contributed by atoms with Crippen molar-refractivity contribution >= 4 is 11.9 Å². The number of carbonyl (C=O) groups excluding carboxylic acids is 1. The zero-order valence-corrected chi connectivity index (χ0v) is 21.8. The van der Waals surface area contributed by atoms with Gasteiger partial charge in [-0.15, -0.1) is 6.58 Å². The van der Waals surface area contributed by atoms with Crippen LogP contribution in [0.4, 0.5) is 0 Å². The minimum Gasteiger partial charge on any atom is -0.481 e. The predicted molar refractivity (Wildman–Crippen MR) is 140 cm³/mol. The molecule has 0 fully saturated rings. The molecule has 0 amide bonds. The largest absolute Gasteiger partial charge is 0.481 e.